The maximum atomic E-state index is 12.0. The monoisotopic (exact) mass is 324 g/mol. The number of hydrogen-bond donors (Lipinski definition) is 3. The lowest BCUT2D eigenvalue weighted by molar-refractivity contribution is 0.0597. The number of aliphatic hydroxyl groups is 1. The Labute approximate surface area is 132 Å². The van der Waals surface area contributed by atoms with Gasteiger partial charge < -0.3 is 20.3 Å². The first-order chi connectivity index (χ1) is 10.4. The van der Waals surface area contributed by atoms with Crippen molar-refractivity contribution >= 4 is 17.4 Å². The zero-order valence-electron chi connectivity index (χ0n) is 12.8. The molecule has 0 saturated heterocycles. The van der Waals surface area contributed by atoms with E-state index in [0.717, 1.165) is 5.56 Å². The number of thiophene rings is 1. The predicted molar refractivity (Wildman–Crippen MR) is 82.5 cm³/mol. The third-order valence-corrected chi connectivity index (χ3v) is 3.99. The van der Waals surface area contributed by atoms with Crippen molar-refractivity contribution in [1.82, 2.24) is 20.8 Å². The van der Waals surface area contributed by atoms with Gasteiger partial charge in [0.1, 0.15) is 5.60 Å². The number of nitrogens with zero attached hydrogens (tertiary/aromatic N) is 2. The van der Waals surface area contributed by atoms with Crippen LogP contribution in [0.4, 0.5) is 4.79 Å². The minimum absolute atomic E-state index is 0.108. The van der Waals surface area contributed by atoms with E-state index in [-0.39, 0.29) is 18.6 Å². The molecule has 0 bridgehead atoms. The summed E-state index contributed by atoms with van der Waals surface area (Å²) in [5.74, 6) is 0.899. The number of aryl methyl sites for hydroxylation is 1. The molecule has 0 radical (unpaired) electrons. The molecule has 0 aromatic carbocycles. The lowest BCUT2D eigenvalue weighted by Crippen LogP contribution is -2.44. The number of urea groups is 1. The minimum Gasteiger partial charge on any atom is -0.384 e. The quantitative estimate of drug-likeness (QED) is 0.755. The Morgan fingerprint density at radius 1 is 1.59 bits per heavy atom. The molecule has 2 unspecified atom stereocenters. The molecular formula is C14H20N4O3S. The fraction of sp³-hybridized carbons (Fsp3) is 0.500. The number of aromatic nitrogens is 2. The van der Waals surface area contributed by atoms with Gasteiger partial charge in [0.25, 0.3) is 0 Å². The molecule has 0 aliphatic carbocycles. The second-order valence-electron chi connectivity index (χ2n) is 5.25. The molecule has 22 heavy (non-hydrogen) atoms. The highest BCUT2D eigenvalue weighted by Gasteiger charge is 2.25. The number of carbonyl (C=O) groups excluding carboxylic acids is 1. The maximum absolute atomic E-state index is 12.0. The van der Waals surface area contributed by atoms with Crippen molar-refractivity contribution in [2.24, 2.45) is 0 Å². The Morgan fingerprint density at radius 3 is 2.91 bits per heavy atom. The number of amides is 2. The van der Waals surface area contributed by atoms with Crippen LogP contribution in [-0.4, -0.2) is 27.8 Å². The van der Waals surface area contributed by atoms with E-state index in [1.807, 2.05) is 23.8 Å². The molecule has 0 aliphatic rings. The molecule has 7 nitrogen and oxygen atoms in total. The summed E-state index contributed by atoms with van der Waals surface area (Å²) in [6.07, 6.45) is 0.632. The van der Waals surface area contributed by atoms with Crippen LogP contribution in [0, 0.1) is 6.92 Å². The van der Waals surface area contributed by atoms with E-state index in [1.54, 1.807) is 13.8 Å². The summed E-state index contributed by atoms with van der Waals surface area (Å²) >= 11 is 1.50. The Balaban J connectivity index is 1.89. The molecule has 2 amide bonds. The first kappa shape index (κ1) is 16.4. The van der Waals surface area contributed by atoms with E-state index in [4.69, 9.17) is 4.52 Å². The second-order valence-corrected chi connectivity index (χ2v) is 6.03. The van der Waals surface area contributed by atoms with Crippen LogP contribution in [0.25, 0.3) is 0 Å². The predicted octanol–water partition coefficient (Wildman–Crippen LogP) is 2.10. The van der Waals surface area contributed by atoms with Gasteiger partial charge in [0, 0.05) is 6.92 Å². The van der Waals surface area contributed by atoms with Crippen LogP contribution in [0.1, 0.15) is 43.6 Å². The van der Waals surface area contributed by atoms with E-state index < -0.39 is 5.60 Å². The van der Waals surface area contributed by atoms with E-state index in [2.05, 4.69) is 20.8 Å². The summed E-state index contributed by atoms with van der Waals surface area (Å²) in [7, 11) is 0. The highest BCUT2D eigenvalue weighted by Crippen LogP contribution is 2.22. The minimum atomic E-state index is -1.11. The Kier molecular flexibility index (Phi) is 5.15. The van der Waals surface area contributed by atoms with Crippen molar-refractivity contribution in [1.29, 1.82) is 0 Å². The summed E-state index contributed by atoms with van der Waals surface area (Å²) < 4.78 is 4.92. The Hall–Kier alpha value is -1.93. The van der Waals surface area contributed by atoms with Gasteiger partial charge >= 0.3 is 6.03 Å². The molecule has 2 rings (SSSR count). The fourth-order valence-corrected chi connectivity index (χ4v) is 2.72. The molecule has 8 heteroatoms. The third kappa shape index (κ3) is 4.05. The van der Waals surface area contributed by atoms with E-state index in [9.17, 15) is 9.90 Å². The molecule has 2 atom stereocenters. The van der Waals surface area contributed by atoms with Gasteiger partial charge in [0.05, 0.1) is 12.6 Å². The number of carbonyl (C=O) groups is 1. The molecule has 0 spiro atoms. The second kappa shape index (κ2) is 6.89. The van der Waals surface area contributed by atoms with Gasteiger partial charge in [-0.1, -0.05) is 12.1 Å². The van der Waals surface area contributed by atoms with Gasteiger partial charge in [-0.05, 0) is 35.7 Å². The molecule has 0 saturated carbocycles. The zero-order valence-corrected chi connectivity index (χ0v) is 13.6. The molecule has 0 fully saturated rings. The van der Waals surface area contributed by atoms with Crippen molar-refractivity contribution in [3.63, 3.8) is 0 Å². The molecule has 3 N–H and O–H groups in total. The summed E-state index contributed by atoms with van der Waals surface area (Å²) in [5, 5.41) is 23.4. The smallest absolute Gasteiger partial charge is 0.315 e. The maximum Gasteiger partial charge on any atom is 0.315 e. The topological polar surface area (TPSA) is 100 Å². The zero-order chi connectivity index (χ0) is 16.2. The van der Waals surface area contributed by atoms with Gasteiger partial charge in [-0.3, -0.25) is 0 Å². The standard InChI is InChI=1S/C14H20N4O3S/c1-4-11(12-16-9(2)21-18-12)17-13(19)15-8-14(3,20)10-5-6-22-7-10/h5-7,11,20H,4,8H2,1-3H3,(H2,15,17,19). The molecular weight excluding hydrogens is 304 g/mol. The summed E-state index contributed by atoms with van der Waals surface area (Å²) in [5.41, 5.74) is -0.333. The number of rotatable bonds is 6. The van der Waals surface area contributed by atoms with Crippen LogP contribution in [0.5, 0.6) is 0 Å². The normalized spacial score (nSPS) is 15.1. The van der Waals surface area contributed by atoms with Crippen LogP contribution in [0.3, 0.4) is 0 Å². The highest BCUT2D eigenvalue weighted by atomic mass is 32.1. The van der Waals surface area contributed by atoms with E-state index in [1.165, 1.54) is 11.3 Å². The molecule has 0 aliphatic heterocycles. The van der Waals surface area contributed by atoms with Crippen LogP contribution in [0.2, 0.25) is 0 Å². The first-order valence-corrected chi connectivity index (χ1v) is 7.96. The lowest BCUT2D eigenvalue weighted by Gasteiger charge is -2.23. The third-order valence-electron chi connectivity index (χ3n) is 3.30. The van der Waals surface area contributed by atoms with Gasteiger partial charge in [0.15, 0.2) is 5.82 Å². The van der Waals surface area contributed by atoms with Crippen molar-refractivity contribution in [2.45, 2.75) is 38.8 Å². The van der Waals surface area contributed by atoms with Crippen LogP contribution in [-0.2, 0) is 5.60 Å². The average molecular weight is 324 g/mol. The summed E-state index contributed by atoms with van der Waals surface area (Å²) in [6, 6.07) is 1.12. The van der Waals surface area contributed by atoms with E-state index >= 15 is 0 Å². The Morgan fingerprint density at radius 2 is 2.36 bits per heavy atom. The van der Waals surface area contributed by atoms with Crippen LogP contribution >= 0.6 is 11.3 Å². The first-order valence-electron chi connectivity index (χ1n) is 7.02. The average Bonchev–Trinajstić information content (AvgIpc) is 3.14. The van der Waals surface area contributed by atoms with Crippen molar-refractivity contribution < 1.29 is 14.4 Å². The van der Waals surface area contributed by atoms with Crippen LogP contribution in [0.15, 0.2) is 21.3 Å². The van der Waals surface area contributed by atoms with Gasteiger partial charge in [0.2, 0.25) is 5.89 Å². The van der Waals surface area contributed by atoms with Gasteiger partial charge in [-0.15, -0.1) is 0 Å². The Bertz CT molecular complexity index is 609. The van der Waals surface area contributed by atoms with Gasteiger partial charge in [-0.25, -0.2) is 4.79 Å². The van der Waals surface area contributed by atoms with E-state index in [0.29, 0.717) is 18.1 Å². The van der Waals surface area contributed by atoms with Crippen molar-refractivity contribution in [2.75, 3.05) is 6.54 Å². The van der Waals surface area contributed by atoms with Gasteiger partial charge in [-0.2, -0.15) is 16.3 Å². The molecule has 120 valence electrons. The SMILES string of the molecule is CCC(NC(=O)NCC(C)(O)c1ccsc1)c1noc(C)n1. The molecule has 2 heterocycles. The van der Waals surface area contributed by atoms with Crippen molar-refractivity contribution in [3.8, 4) is 0 Å². The van der Waals surface area contributed by atoms with Crippen LogP contribution < -0.4 is 10.6 Å². The largest absolute Gasteiger partial charge is 0.384 e. The van der Waals surface area contributed by atoms with Crippen molar-refractivity contribution in [3.05, 3.63) is 34.1 Å². The molecule has 2 aromatic heterocycles. The number of hydrogen-bond acceptors (Lipinski definition) is 6. The summed E-state index contributed by atoms with van der Waals surface area (Å²) in [6.45, 7) is 5.38. The lowest BCUT2D eigenvalue weighted by atomic mass is 9.99. The highest BCUT2D eigenvalue weighted by molar-refractivity contribution is 7.08. The number of nitrogens with one attached hydrogen (secondary N) is 2. The summed E-state index contributed by atoms with van der Waals surface area (Å²) in [4.78, 5) is 16.1. The molecule has 2 aromatic rings. The fourth-order valence-electron chi connectivity index (χ4n) is 1.94.